The maximum atomic E-state index is 4.24. The molecule has 0 bridgehead atoms. The monoisotopic (exact) mass is 322 g/mol. The van der Waals surface area contributed by atoms with E-state index in [1.807, 2.05) is 11.8 Å². The van der Waals surface area contributed by atoms with Gasteiger partial charge in [0.25, 0.3) is 0 Å². The van der Waals surface area contributed by atoms with Crippen molar-refractivity contribution in [2.24, 2.45) is 5.92 Å². The quantitative estimate of drug-likeness (QED) is 0.502. The number of hydrogen-bond donors (Lipinski definition) is 0. The molecular formula is C22H26S. The topological polar surface area (TPSA) is 0 Å². The Balaban J connectivity index is 1.88. The van der Waals surface area contributed by atoms with Crippen molar-refractivity contribution in [1.82, 2.24) is 0 Å². The molecule has 2 rings (SSSR count). The first-order valence-corrected chi connectivity index (χ1v) is 9.13. The molecule has 120 valence electrons. The van der Waals surface area contributed by atoms with Crippen LogP contribution in [0, 0.1) is 12.8 Å². The first-order chi connectivity index (χ1) is 11.0. The third-order valence-corrected chi connectivity index (χ3v) is 5.07. The lowest BCUT2D eigenvalue weighted by Crippen LogP contribution is -1.93. The molecule has 0 saturated heterocycles. The molecule has 0 aromatic heterocycles. The zero-order valence-electron chi connectivity index (χ0n) is 14.4. The van der Waals surface area contributed by atoms with Crippen LogP contribution in [0.15, 0.2) is 66.6 Å². The second-order valence-electron chi connectivity index (χ2n) is 6.27. The van der Waals surface area contributed by atoms with Gasteiger partial charge in [-0.05, 0) is 53.7 Å². The van der Waals surface area contributed by atoms with Crippen molar-refractivity contribution in [1.29, 1.82) is 0 Å². The number of aryl methyl sites for hydroxylation is 1. The Morgan fingerprint density at radius 3 is 2.04 bits per heavy atom. The van der Waals surface area contributed by atoms with E-state index in [-0.39, 0.29) is 0 Å². The molecule has 0 amide bonds. The number of benzene rings is 2. The van der Waals surface area contributed by atoms with E-state index < -0.39 is 0 Å². The molecule has 1 heteroatoms. The Morgan fingerprint density at radius 2 is 1.48 bits per heavy atom. The highest BCUT2D eigenvalue weighted by atomic mass is 32.2. The lowest BCUT2D eigenvalue weighted by Gasteiger charge is -2.11. The van der Waals surface area contributed by atoms with E-state index in [1.54, 1.807) is 0 Å². The third-order valence-electron chi connectivity index (χ3n) is 4.05. The summed E-state index contributed by atoms with van der Waals surface area (Å²) in [6.45, 7) is 14.9. The Bertz CT molecular complexity index is 660. The molecule has 0 N–H and O–H groups in total. The number of hydrogen-bond acceptors (Lipinski definition) is 1. The van der Waals surface area contributed by atoms with E-state index in [9.17, 15) is 0 Å². The summed E-state index contributed by atoms with van der Waals surface area (Å²) in [5.74, 6) is 1.54. The van der Waals surface area contributed by atoms with Crippen LogP contribution in [0.3, 0.4) is 0 Å². The third kappa shape index (κ3) is 5.14. The first-order valence-electron chi connectivity index (χ1n) is 8.14. The van der Waals surface area contributed by atoms with Gasteiger partial charge in [0.05, 0.1) is 0 Å². The Labute approximate surface area is 145 Å². The van der Waals surface area contributed by atoms with Gasteiger partial charge in [0.1, 0.15) is 0 Å². The zero-order valence-corrected chi connectivity index (χ0v) is 15.2. The van der Waals surface area contributed by atoms with Gasteiger partial charge in [-0.3, -0.25) is 0 Å². The largest absolute Gasteiger partial charge is 0.126 e. The molecule has 2 aromatic carbocycles. The highest BCUT2D eigenvalue weighted by molar-refractivity contribution is 7.99. The molecule has 0 fully saturated rings. The van der Waals surface area contributed by atoms with Crippen molar-refractivity contribution in [2.75, 3.05) is 5.75 Å². The summed E-state index contributed by atoms with van der Waals surface area (Å²) >= 11 is 1.89. The van der Waals surface area contributed by atoms with Crippen LogP contribution >= 0.6 is 11.8 Å². The van der Waals surface area contributed by atoms with Crippen LogP contribution in [-0.2, 0) is 0 Å². The van der Waals surface area contributed by atoms with Crippen molar-refractivity contribution in [3.8, 4) is 0 Å². The van der Waals surface area contributed by atoms with Crippen molar-refractivity contribution < 1.29 is 0 Å². The van der Waals surface area contributed by atoms with Crippen molar-refractivity contribution in [2.45, 2.75) is 32.1 Å². The van der Waals surface area contributed by atoms with Gasteiger partial charge in [-0.25, -0.2) is 0 Å². The van der Waals surface area contributed by atoms with Crippen molar-refractivity contribution in [3.63, 3.8) is 0 Å². The Hall–Kier alpha value is -1.73. The van der Waals surface area contributed by atoms with E-state index in [0.717, 1.165) is 12.2 Å². The summed E-state index contributed by atoms with van der Waals surface area (Å²) in [7, 11) is 0. The van der Waals surface area contributed by atoms with Crippen LogP contribution in [0.1, 0.15) is 37.0 Å². The average molecular weight is 323 g/mol. The summed E-state index contributed by atoms with van der Waals surface area (Å²) < 4.78 is 0. The molecule has 0 atom stereocenters. The number of rotatable bonds is 7. The zero-order chi connectivity index (χ0) is 16.8. The van der Waals surface area contributed by atoms with Gasteiger partial charge in [-0.2, -0.15) is 0 Å². The minimum absolute atomic E-state index is 0.481. The van der Waals surface area contributed by atoms with E-state index in [0.29, 0.717) is 5.92 Å². The fourth-order valence-corrected chi connectivity index (χ4v) is 3.24. The van der Waals surface area contributed by atoms with Gasteiger partial charge >= 0.3 is 0 Å². The summed E-state index contributed by atoms with van der Waals surface area (Å²) in [6, 6.07) is 17.4. The van der Waals surface area contributed by atoms with Crippen LogP contribution in [0.4, 0.5) is 0 Å². The molecular weight excluding hydrogens is 296 g/mol. The van der Waals surface area contributed by atoms with Gasteiger partial charge in [-0.15, -0.1) is 11.8 Å². The minimum Gasteiger partial charge on any atom is -0.126 e. The lowest BCUT2D eigenvalue weighted by molar-refractivity contribution is 0.858. The first kappa shape index (κ1) is 17.6. The van der Waals surface area contributed by atoms with Crippen LogP contribution in [0.25, 0.3) is 11.1 Å². The van der Waals surface area contributed by atoms with Gasteiger partial charge in [0, 0.05) is 10.6 Å². The van der Waals surface area contributed by atoms with Gasteiger partial charge in [-0.1, -0.05) is 69.0 Å². The summed E-state index contributed by atoms with van der Waals surface area (Å²) in [5, 5.41) is 0. The summed E-state index contributed by atoms with van der Waals surface area (Å²) in [4.78, 5) is 1.33. The Kier molecular flexibility index (Phi) is 6.29. The summed E-state index contributed by atoms with van der Waals surface area (Å²) in [5.41, 5.74) is 6.16. The highest BCUT2D eigenvalue weighted by Gasteiger charge is 2.05. The number of thioether (sulfide) groups is 1. The average Bonchev–Trinajstić information content (AvgIpc) is 2.56. The predicted octanol–water partition coefficient (Wildman–Crippen LogP) is 6.86. The number of allylic oxidation sites excluding steroid dienone is 2. The SMILES string of the molecule is C=C(CCSc1ccc(C)cc1)c1ccc(C(=C)C(C)C)cc1. The standard InChI is InChI=1S/C22H26S/c1-16(2)19(5)21-10-8-20(9-11-21)18(4)14-15-23-22-12-6-17(3)7-13-22/h6-13,16H,4-5,14-15H2,1-3H3. The van der Waals surface area contributed by atoms with Crippen molar-refractivity contribution in [3.05, 3.63) is 78.4 Å². The van der Waals surface area contributed by atoms with Gasteiger partial charge in [0.15, 0.2) is 0 Å². The molecule has 0 aliphatic heterocycles. The normalized spacial score (nSPS) is 10.8. The minimum atomic E-state index is 0.481. The Morgan fingerprint density at radius 1 is 0.913 bits per heavy atom. The fourth-order valence-electron chi connectivity index (χ4n) is 2.32. The molecule has 0 aliphatic carbocycles. The molecule has 0 nitrogen and oxygen atoms in total. The van der Waals surface area contributed by atoms with E-state index in [2.05, 4.69) is 82.5 Å². The molecule has 23 heavy (non-hydrogen) atoms. The maximum absolute atomic E-state index is 4.24. The smallest absolute Gasteiger partial charge is 0.00722 e. The van der Waals surface area contributed by atoms with Crippen LogP contribution < -0.4 is 0 Å². The molecule has 0 unspecified atom stereocenters. The highest BCUT2D eigenvalue weighted by Crippen LogP contribution is 2.26. The fraction of sp³-hybridized carbons (Fsp3) is 0.273. The van der Waals surface area contributed by atoms with E-state index in [1.165, 1.54) is 32.7 Å². The predicted molar refractivity (Wildman–Crippen MR) is 106 cm³/mol. The molecule has 2 aromatic rings. The summed E-state index contributed by atoms with van der Waals surface area (Å²) in [6.07, 6.45) is 1.00. The van der Waals surface area contributed by atoms with Crippen LogP contribution in [0.2, 0.25) is 0 Å². The molecule has 0 aliphatic rings. The second kappa shape index (κ2) is 8.21. The molecule has 0 radical (unpaired) electrons. The van der Waals surface area contributed by atoms with Gasteiger partial charge in [0.2, 0.25) is 0 Å². The van der Waals surface area contributed by atoms with Crippen LogP contribution in [0.5, 0.6) is 0 Å². The second-order valence-corrected chi connectivity index (χ2v) is 7.44. The molecule has 0 saturated carbocycles. The lowest BCUT2D eigenvalue weighted by atomic mass is 9.95. The van der Waals surface area contributed by atoms with Gasteiger partial charge < -0.3 is 0 Å². The molecule has 0 heterocycles. The van der Waals surface area contributed by atoms with E-state index >= 15 is 0 Å². The van der Waals surface area contributed by atoms with E-state index in [4.69, 9.17) is 0 Å². The van der Waals surface area contributed by atoms with Crippen LogP contribution in [-0.4, -0.2) is 5.75 Å². The molecule has 0 spiro atoms. The maximum Gasteiger partial charge on any atom is 0.00722 e. The van der Waals surface area contributed by atoms with Crippen molar-refractivity contribution >= 4 is 22.9 Å².